The van der Waals surface area contributed by atoms with E-state index in [1.807, 2.05) is 6.92 Å². The number of aryl methyl sites for hydroxylation is 1. The van der Waals surface area contributed by atoms with Crippen LogP contribution in [0, 0.1) is 11.6 Å². The lowest BCUT2D eigenvalue weighted by atomic mass is 10.1. The van der Waals surface area contributed by atoms with E-state index in [2.05, 4.69) is 5.10 Å². The average molecular weight is 236 g/mol. The second-order valence-corrected chi connectivity index (χ2v) is 3.49. The molecule has 0 N–H and O–H groups in total. The van der Waals surface area contributed by atoms with E-state index in [-0.39, 0.29) is 11.3 Å². The molecule has 1 aromatic carbocycles. The fraction of sp³-hybridized carbons (Fsp3) is 0.167. The number of aromatic nitrogens is 2. The molecular formula is C12H10F2N2O. The Morgan fingerprint density at radius 1 is 1.35 bits per heavy atom. The fourth-order valence-corrected chi connectivity index (χ4v) is 1.59. The van der Waals surface area contributed by atoms with Crippen LogP contribution >= 0.6 is 0 Å². The quantitative estimate of drug-likeness (QED) is 0.767. The maximum absolute atomic E-state index is 13.4. The second kappa shape index (κ2) is 4.45. The van der Waals surface area contributed by atoms with Crippen LogP contribution in [0.1, 0.15) is 23.0 Å². The van der Waals surface area contributed by atoms with Gasteiger partial charge in [-0.05, 0) is 31.2 Å². The summed E-state index contributed by atoms with van der Waals surface area (Å²) in [5, 5.41) is 3.91. The molecule has 0 amide bonds. The van der Waals surface area contributed by atoms with Gasteiger partial charge in [0.25, 0.3) is 0 Å². The summed E-state index contributed by atoms with van der Waals surface area (Å²) in [5.74, 6) is -1.95. The molecule has 0 aliphatic carbocycles. The zero-order valence-corrected chi connectivity index (χ0v) is 9.15. The number of carbonyl (C=O) groups excluding carboxylic acids is 1. The molecule has 0 spiro atoms. The van der Waals surface area contributed by atoms with Gasteiger partial charge in [-0.1, -0.05) is 0 Å². The third kappa shape index (κ3) is 2.08. The molecule has 17 heavy (non-hydrogen) atoms. The van der Waals surface area contributed by atoms with Gasteiger partial charge in [-0.25, -0.2) is 8.78 Å². The third-order valence-electron chi connectivity index (χ3n) is 2.42. The van der Waals surface area contributed by atoms with Gasteiger partial charge in [-0.2, -0.15) is 5.10 Å². The molecule has 88 valence electrons. The molecule has 3 nitrogen and oxygen atoms in total. The van der Waals surface area contributed by atoms with Gasteiger partial charge in [-0.3, -0.25) is 9.48 Å². The smallest absolute Gasteiger partial charge is 0.214 e. The average Bonchev–Trinajstić information content (AvgIpc) is 2.79. The molecular weight excluding hydrogens is 226 g/mol. The maximum Gasteiger partial charge on any atom is 0.214 e. The molecule has 0 radical (unpaired) electrons. The van der Waals surface area contributed by atoms with Gasteiger partial charge >= 0.3 is 0 Å². The van der Waals surface area contributed by atoms with Crippen molar-refractivity contribution >= 4 is 5.78 Å². The topological polar surface area (TPSA) is 34.9 Å². The largest absolute Gasteiger partial charge is 0.287 e. The number of hydrogen-bond donors (Lipinski definition) is 0. The van der Waals surface area contributed by atoms with Crippen molar-refractivity contribution < 1.29 is 13.6 Å². The SMILES string of the molecule is CCn1nccc1C(=O)c1cc(F)ccc1F. The molecule has 0 atom stereocenters. The van der Waals surface area contributed by atoms with E-state index in [0.29, 0.717) is 6.54 Å². The Bertz CT molecular complexity index is 563. The Morgan fingerprint density at radius 2 is 2.12 bits per heavy atom. The van der Waals surface area contributed by atoms with Crippen LogP contribution in [0.4, 0.5) is 8.78 Å². The highest BCUT2D eigenvalue weighted by atomic mass is 19.1. The molecule has 0 fully saturated rings. The van der Waals surface area contributed by atoms with E-state index in [1.54, 1.807) is 0 Å². The summed E-state index contributed by atoms with van der Waals surface area (Å²) >= 11 is 0. The van der Waals surface area contributed by atoms with Crippen LogP contribution in [0.3, 0.4) is 0 Å². The molecule has 0 saturated heterocycles. The highest BCUT2D eigenvalue weighted by molar-refractivity contribution is 6.08. The van der Waals surface area contributed by atoms with Gasteiger partial charge in [0.1, 0.15) is 17.3 Å². The minimum absolute atomic E-state index is 0.247. The van der Waals surface area contributed by atoms with Gasteiger partial charge in [0.15, 0.2) is 0 Å². The van der Waals surface area contributed by atoms with E-state index in [9.17, 15) is 13.6 Å². The van der Waals surface area contributed by atoms with Crippen molar-refractivity contribution in [1.82, 2.24) is 9.78 Å². The lowest BCUT2D eigenvalue weighted by molar-refractivity contribution is 0.102. The van der Waals surface area contributed by atoms with Crippen molar-refractivity contribution in [2.24, 2.45) is 0 Å². The van der Waals surface area contributed by atoms with Gasteiger partial charge in [-0.15, -0.1) is 0 Å². The first-order chi connectivity index (χ1) is 8.13. The Morgan fingerprint density at radius 3 is 2.82 bits per heavy atom. The van der Waals surface area contributed by atoms with Gasteiger partial charge in [0.05, 0.1) is 5.56 Å². The minimum Gasteiger partial charge on any atom is -0.287 e. The Labute approximate surface area is 96.7 Å². The number of carbonyl (C=O) groups is 1. The monoisotopic (exact) mass is 236 g/mol. The molecule has 2 aromatic rings. The predicted molar refractivity (Wildman–Crippen MR) is 57.7 cm³/mol. The zero-order chi connectivity index (χ0) is 12.4. The van der Waals surface area contributed by atoms with Crippen molar-refractivity contribution in [3.8, 4) is 0 Å². The van der Waals surface area contributed by atoms with Gasteiger partial charge in [0, 0.05) is 12.7 Å². The molecule has 2 rings (SSSR count). The summed E-state index contributed by atoms with van der Waals surface area (Å²) in [7, 11) is 0. The highest BCUT2D eigenvalue weighted by Crippen LogP contribution is 2.15. The molecule has 1 aromatic heterocycles. The zero-order valence-electron chi connectivity index (χ0n) is 9.15. The lowest BCUT2D eigenvalue weighted by Gasteiger charge is -2.05. The number of hydrogen-bond acceptors (Lipinski definition) is 2. The molecule has 5 heteroatoms. The van der Waals surface area contributed by atoms with Crippen molar-refractivity contribution in [1.29, 1.82) is 0 Å². The summed E-state index contributed by atoms with van der Waals surface area (Å²) in [6, 6.07) is 4.29. The first-order valence-electron chi connectivity index (χ1n) is 5.15. The number of rotatable bonds is 3. The van der Waals surface area contributed by atoms with E-state index in [1.165, 1.54) is 16.9 Å². The van der Waals surface area contributed by atoms with Gasteiger partial charge < -0.3 is 0 Å². The van der Waals surface area contributed by atoms with Crippen molar-refractivity contribution in [2.45, 2.75) is 13.5 Å². The Hall–Kier alpha value is -2.04. The number of ketones is 1. The van der Waals surface area contributed by atoms with Crippen LogP contribution in [-0.2, 0) is 6.54 Å². The van der Waals surface area contributed by atoms with Crippen LogP contribution in [-0.4, -0.2) is 15.6 Å². The summed E-state index contributed by atoms with van der Waals surface area (Å²) in [6.07, 6.45) is 1.45. The van der Waals surface area contributed by atoms with E-state index in [4.69, 9.17) is 0 Å². The van der Waals surface area contributed by atoms with Crippen LogP contribution in [0.5, 0.6) is 0 Å². The molecule has 0 aliphatic rings. The van der Waals surface area contributed by atoms with E-state index >= 15 is 0 Å². The van der Waals surface area contributed by atoms with Gasteiger partial charge in [0.2, 0.25) is 5.78 Å². The predicted octanol–water partition coefficient (Wildman–Crippen LogP) is 2.41. The highest BCUT2D eigenvalue weighted by Gasteiger charge is 2.18. The molecule has 1 heterocycles. The van der Waals surface area contributed by atoms with Crippen molar-refractivity contribution in [3.63, 3.8) is 0 Å². The maximum atomic E-state index is 13.4. The molecule has 0 aliphatic heterocycles. The standard InChI is InChI=1S/C12H10F2N2O/c1-2-16-11(5-6-15-16)12(17)9-7-8(13)3-4-10(9)14/h3-7H,2H2,1H3. The Balaban J connectivity index is 2.47. The summed E-state index contributed by atoms with van der Waals surface area (Å²) in [4.78, 5) is 12.0. The summed E-state index contributed by atoms with van der Waals surface area (Å²) in [6.45, 7) is 2.30. The minimum atomic E-state index is -0.736. The number of nitrogens with zero attached hydrogens (tertiary/aromatic N) is 2. The number of halogens is 2. The van der Waals surface area contributed by atoms with Crippen LogP contribution in [0.25, 0.3) is 0 Å². The number of benzene rings is 1. The van der Waals surface area contributed by atoms with Crippen LogP contribution in [0.2, 0.25) is 0 Å². The fourth-order valence-electron chi connectivity index (χ4n) is 1.59. The van der Waals surface area contributed by atoms with Crippen molar-refractivity contribution in [3.05, 3.63) is 53.4 Å². The molecule has 0 bridgehead atoms. The second-order valence-electron chi connectivity index (χ2n) is 3.49. The molecule has 0 unspecified atom stereocenters. The summed E-state index contributed by atoms with van der Waals surface area (Å²) in [5.41, 5.74) is -0.0304. The molecule has 0 saturated carbocycles. The van der Waals surface area contributed by atoms with E-state index in [0.717, 1.165) is 18.2 Å². The van der Waals surface area contributed by atoms with Crippen LogP contribution < -0.4 is 0 Å². The van der Waals surface area contributed by atoms with Crippen LogP contribution in [0.15, 0.2) is 30.5 Å². The van der Waals surface area contributed by atoms with E-state index < -0.39 is 17.4 Å². The Kier molecular flexibility index (Phi) is 2.99. The van der Waals surface area contributed by atoms with Crippen molar-refractivity contribution in [2.75, 3.05) is 0 Å². The lowest BCUT2D eigenvalue weighted by Crippen LogP contribution is -2.12. The normalized spacial score (nSPS) is 10.5. The summed E-state index contributed by atoms with van der Waals surface area (Å²) < 4.78 is 27.9. The first kappa shape index (κ1) is 11.4. The first-order valence-corrected chi connectivity index (χ1v) is 5.15. The third-order valence-corrected chi connectivity index (χ3v) is 2.42.